The molecule has 0 saturated carbocycles. The molecule has 1 aliphatic rings. The number of phenolic OH excluding ortho intramolecular Hbond substituents is 1. The molecular formula is C19H29F3N4O2. The molecule has 0 amide bonds. The molecule has 0 atom stereocenters. The van der Waals surface area contributed by atoms with E-state index in [1.807, 2.05) is 0 Å². The Labute approximate surface area is 163 Å². The van der Waals surface area contributed by atoms with E-state index in [-0.39, 0.29) is 5.75 Å². The lowest BCUT2D eigenvalue weighted by molar-refractivity contribution is -0.148. The largest absolute Gasteiger partial charge is 0.508 e. The molecule has 0 unspecified atom stereocenters. The molecule has 0 spiro atoms. The number of hydrogen-bond acceptors (Lipinski definition) is 4. The van der Waals surface area contributed by atoms with E-state index in [0.29, 0.717) is 49.4 Å². The van der Waals surface area contributed by atoms with Gasteiger partial charge in [-0.25, -0.2) is 0 Å². The number of rotatable bonds is 7. The summed E-state index contributed by atoms with van der Waals surface area (Å²) < 4.78 is 42.5. The Bertz CT molecular complexity index is 645. The molecule has 9 heteroatoms. The number of nitrogens with one attached hydrogen (secondary N) is 2. The summed E-state index contributed by atoms with van der Waals surface area (Å²) in [7, 11) is 3.23. The molecule has 1 aliphatic heterocycles. The van der Waals surface area contributed by atoms with Gasteiger partial charge < -0.3 is 20.5 Å². The Morgan fingerprint density at radius 2 is 2.00 bits per heavy atom. The molecular weight excluding hydrogens is 373 g/mol. The lowest BCUT2D eigenvalue weighted by atomic mass is 9.93. The molecule has 1 heterocycles. The normalized spacial score (nSPS) is 16.8. The number of likely N-dealkylation sites (tertiary alicyclic amines) is 1. The van der Waals surface area contributed by atoms with Crippen LogP contribution in [0.1, 0.15) is 24.8 Å². The van der Waals surface area contributed by atoms with E-state index in [4.69, 9.17) is 4.74 Å². The van der Waals surface area contributed by atoms with Crippen molar-refractivity contribution in [2.45, 2.75) is 32.0 Å². The average Bonchev–Trinajstić information content (AvgIpc) is 2.65. The van der Waals surface area contributed by atoms with E-state index in [1.54, 1.807) is 32.4 Å². The number of hydrogen-bond donors (Lipinski definition) is 3. The van der Waals surface area contributed by atoms with Gasteiger partial charge in [0.1, 0.15) is 11.5 Å². The first kappa shape index (κ1) is 22.1. The predicted octanol–water partition coefficient (Wildman–Crippen LogP) is 2.73. The van der Waals surface area contributed by atoms with Crippen molar-refractivity contribution in [3.63, 3.8) is 0 Å². The number of guanidine groups is 1. The van der Waals surface area contributed by atoms with Crippen molar-refractivity contribution in [3.05, 3.63) is 23.8 Å². The van der Waals surface area contributed by atoms with E-state index in [1.165, 1.54) is 4.90 Å². The van der Waals surface area contributed by atoms with Crippen LogP contribution in [0.25, 0.3) is 0 Å². The van der Waals surface area contributed by atoms with Crippen LogP contribution in [0, 0.1) is 5.92 Å². The summed E-state index contributed by atoms with van der Waals surface area (Å²) >= 11 is 0. The Morgan fingerprint density at radius 1 is 1.29 bits per heavy atom. The van der Waals surface area contributed by atoms with Gasteiger partial charge in [0, 0.05) is 25.7 Å². The summed E-state index contributed by atoms with van der Waals surface area (Å²) in [5.41, 5.74) is 0.694. The first-order valence-electron chi connectivity index (χ1n) is 9.40. The topological polar surface area (TPSA) is 69.1 Å². The van der Waals surface area contributed by atoms with Crippen LogP contribution < -0.4 is 15.4 Å². The average molecular weight is 402 g/mol. The molecule has 0 aliphatic carbocycles. The molecule has 2 rings (SSSR count). The van der Waals surface area contributed by atoms with Crippen LogP contribution in [0.2, 0.25) is 0 Å². The van der Waals surface area contributed by atoms with Gasteiger partial charge in [-0.2, -0.15) is 13.2 Å². The molecule has 1 aromatic rings. The number of aliphatic imine (C=N–C) groups is 1. The third-order valence-electron chi connectivity index (χ3n) is 4.91. The first-order chi connectivity index (χ1) is 13.3. The van der Waals surface area contributed by atoms with Crippen LogP contribution >= 0.6 is 0 Å². The van der Waals surface area contributed by atoms with Gasteiger partial charge in [0.2, 0.25) is 0 Å². The molecule has 3 N–H and O–H groups in total. The SMILES string of the molecule is CN=C(NCCC1CCN(CC(F)(F)F)CC1)NCc1cc(OC)ccc1O. The minimum Gasteiger partial charge on any atom is -0.508 e. The second-order valence-corrected chi connectivity index (χ2v) is 6.97. The molecule has 0 bridgehead atoms. The van der Waals surface area contributed by atoms with E-state index >= 15 is 0 Å². The molecule has 1 aromatic carbocycles. The number of alkyl halides is 3. The third-order valence-corrected chi connectivity index (χ3v) is 4.91. The van der Waals surface area contributed by atoms with E-state index in [0.717, 1.165) is 19.3 Å². The highest BCUT2D eigenvalue weighted by atomic mass is 19.4. The zero-order chi connectivity index (χ0) is 20.6. The minimum atomic E-state index is -4.12. The van der Waals surface area contributed by atoms with Gasteiger partial charge >= 0.3 is 6.18 Å². The molecule has 1 fully saturated rings. The lowest BCUT2D eigenvalue weighted by Crippen LogP contribution is -2.41. The monoisotopic (exact) mass is 402 g/mol. The van der Waals surface area contributed by atoms with E-state index in [9.17, 15) is 18.3 Å². The number of ether oxygens (including phenoxy) is 1. The fourth-order valence-electron chi connectivity index (χ4n) is 3.31. The highest BCUT2D eigenvalue weighted by Gasteiger charge is 2.32. The quantitative estimate of drug-likeness (QED) is 0.483. The molecule has 28 heavy (non-hydrogen) atoms. The fraction of sp³-hybridized carbons (Fsp3) is 0.632. The van der Waals surface area contributed by atoms with Crippen molar-refractivity contribution in [2.75, 3.05) is 40.3 Å². The maximum Gasteiger partial charge on any atom is 0.401 e. The standard InChI is InChI=1S/C19H29F3N4O2/c1-23-18(25-12-15-11-16(28-2)3-4-17(15)27)24-8-5-14-6-9-26(10-7-14)13-19(20,21)22/h3-4,11,14,27H,5-10,12-13H2,1-2H3,(H2,23,24,25). The van der Waals surface area contributed by atoms with Gasteiger partial charge in [0.05, 0.1) is 13.7 Å². The second-order valence-electron chi connectivity index (χ2n) is 6.97. The van der Waals surface area contributed by atoms with Crippen molar-refractivity contribution in [1.29, 1.82) is 0 Å². The van der Waals surface area contributed by atoms with Crippen molar-refractivity contribution < 1.29 is 23.0 Å². The van der Waals surface area contributed by atoms with E-state index < -0.39 is 12.7 Å². The van der Waals surface area contributed by atoms with Crippen LogP contribution in [0.5, 0.6) is 11.5 Å². The third kappa shape index (κ3) is 7.46. The highest BCUT2D eigenvalue weighted by Crippen LogP contribution is 2.24. The number of benzene rings is 1. The zero-order valence-electron chi connectivity index (χ0n) is 16.4. The van der Waals surface area contributed by atoms with Gasteiger partial charge in [0.15, 0.2) is 5.96 Å². The van der Waals surface area contributed by atoms with Gasteiger partial charge in [0.25, 0.3) is 0 Å². The number of nitrogens with zero attached hydrogens (tertiary/aromatic N) is 2. The van der Waals surface area contributed by atoms with Crippen LogP contribution in [0.3, 0.4) is 0 Å². The molecule has 0 radical (unpaired) electrons. The smallest absolute Gasteiger partial charge is 0.401 e. The summed E-state index contributed by atoms with van der Waals surface area (Å²) in [6.45, 7) is 1.25. The van der Waals surface area contributed by atoms with Crippen LogP contribution in [0.15, 0.2) is 23.2 Å². The predicted molar refractivity (Wildman–Crippen MR) is 103 cm³/mol. The molecule has 6 nitrogen and oxygen atoms in total. The minimum absolute atomic E-state index is 0.175. The van der Waals surface area contributed by atoms with Crippen LogP contribution in [0.4, 0.5) is 13.2 Å². The Morgan fingerprint density at radius 3 is 2.61 bits per heavy atom. The number of piperidine rings is 1. The van der Waals surface area contributed by atoms with Gasteiger partial charge in [-0.05, 0) is 56.5 Å². The van der Waals surface area contributed by atoms with Crippen LogP contribution in [-0.2, 0) is 6.54 Å². The lowest BCUT2D eigenvalue weighted by Gasteiger charge is -2.32. The molecule has 0 aromatic heterocycles. The Hall–Kier alpha value is -2.16. The number of methoxy groups -OCH3 is 1. The summed E-state index contributed by atoms with van der Waals surface area (Å²) in [5.74, 6) is 1.86. The zero-order valence-corrected chi connectivity index (χ0v) is 16.4. The maximum atomic E-state index is 12.4. The highest BCUT2D eigenvalue weighted by molar-refractivity contribution is 5.79. The maximum absolute atomic E-state index is 12.4. The number of phenols is 1. The van der Waals surface area contributed by atoms with Crippen molar-refractivity contribution >= 4 is 5.96 Å². The van der Waals surface area contributed by atoms with Crippen molar-refractivity contribution in [1.82, 2.24) is 15.5 Å². The summed E-state index contributed by atoms with van der Waals surface area (Å²) in [6.07, 6.45) is -1.68. The summed E-state index contributed by atoms with van der Waals surface area (Å²) in [4.78, 5) is 5.64. The van der Waals surface area contributed by atoms with E-state index in [2.05, 4.69) is 15.6 Å². The fourth-order valence-corrected chi connectivity index (χ4v) is 3.31. The second kappa shape index (κ2) is 10.4. The van der Waals surface area contributed by atoms with Gasteiger partial charge in [-0.3, -0.25) is 9.89 Å². The van der Waals surface area contributed by atoms with Crippen molar-refractivity contribution in [3.8, 4) is 11.5 Å². The Kier molecular flexibility index (Phi) is 8.22. The number of halogens is 3. The summed E-state index contributed by atoms with van der Waals surface area (Å²) in [6, 6.07) is 5.02. The first-order valence-corrected chi connectivity index (χ1v) is 9.40. The Balaban J connectivity index is 1.69. The van der Waals surface area contributed by atoms with Crippen LogP contribution in [-0.4, -0.2) is 62.5 Å². The van der Waals surface area contributed by atoms with Gasteiger partial charge in [-0.1, -0.05) is 0 Å². The number of aromatic hydroxyl groups is 1. The van der Waals surface area contributed by atoms with Gasteiger partial charge in [-0.15, -0.1) is 0 Å². The molecule has 158 valence electrons. The summed E-state index contributed by atoms with van der Waals surface area (Å²) in [5, 5.41) is 16.3. The molecule has 1 saturated heterocycles. The van der Waals surface area contributed by atoms with Crippen molar-refractivity contribution in [2.24, 2.45) is 10.9 Å².